The minimum absolute atomic E-state index is 0.00666. The normalized spacial score (nSPS) is 11.8. The second kappa shape index (κ2) is 11.2. The SMILES string of the molecule is COC(=O)CN(Cc1cc(OC)cc(OC)c1)Cc1nc(C(C)(C)NC(=O)OC(C)(C)C)no1. The van der Waals surface area contributed by atoms with Gasteiger partial charge in [0.2, 0.25) is 5.89 Å². The van der Waals surface area contributed by atoms with Crippen LogP contribution in [0.3, 0.4) is 0 Å². The number of aromatic nitrogens is 2. The Kier molecular flexibility index (Phi) is 8.86. The summed E-state index contributed by atoms with van der Waals surface area (Å²) in [6, 6.07) is 5.46. The Morgan fingerprint density at radius 2 is 1.62 bits per heavy atom. The molecule has 1 heterocycles. The Bertz CT molecular complexity index is 960. The van der Waals surface area contributed by atoms with Gasteiger partial charge in [-0.1, -0.05) is 5.16 Å². The Balaban J connectivity index is 2.18. The summed E-state index contributed by atoms with van der Waals surface area (Å²) < 4.78 is 26.2. The summed E-state index contributed by atoms with van der Waals surface area (Å²) in [6.45, 7) is 9.33. The van der Waals surface area contributed by atoms with Crippen molar-refractivity contribution in [2.45, 2.75) is 58.8 Å². The third kappa shape index (κ3) is 8.22. The first-order valence-electron chi connectivity index (χ1n) is 10.7. The number of carbonyl (C=O) groups excluding carboxylic acids is 2. The maximum atomic E-state index is 12.2. The molecule has 1 amide bonds. The summed E-state index contributed by atoms with van der Waals surface area (Å²) in [5.74, 6) is 1.38. The van der Waals surface area contributed by atoms with Crippen LogP contribution >= 0.6 is 0 Å². The lowest BCUT2D eigenvalue weighted by Gasteiger charge is -2.26. The van der Waals surface area contributed by atoms with Crippen molar-refractivity contribution < 1.29 is 33.1 Å². The van der Waals surface area contributed by atoms with E-state index >= 15 is 0 Å². The minimum Gasteiger partial charge on any atom is -0.497 e. The van der Waals surface area contributed by atoms with Gasteiger partial charge in [-0.2, -0.15) is 4.98 Å². The molecule has 0 fully saturated rings. The lowest BCUT2D eigenvalue weighted by atomic mass is 10.1. The fourth-order valence-corrected chi connectivity index (χ4v) is 3.01. The van der Waals surface area contributed by atoms with Crippen LogP contribution in [-0.2, 0) is 32.9 Å². The highest BCUT2D eigenvalue weighted by atomic mass is 16.6. The lowest BCUT2D eigenvalue weighted by Crippen LogP contribution is -2.44. The van der Waals surface area contributed by atoms with Crippen molar-refractivity contribution in [3.8, 4) is 11.5 Å². The molecule has 0 aliphatic carbocycles. The molecule has 2 aromatic rings. The monoisotopic (exact) mass is 478 g/mol. The van der Waals surface area contributed by atoms with Gasteiger partial charge in [0.25, 0.3) is 0 Å². The van der Waals surface area contributed by atoms with Crippen LogP contribution < -0.4 is 14.8 Å². The number of rotatable bonds is 10. The first kappa shape index (κ1) is 26.9. The summed E-state index contributed by atoms with van der Waals surface area (Å²) in [5, 5.41) is 6.75. The van der Waals surface area contributed by atoms with Crippen molar-refractivity contribution in [3.05, 3.63) is 35.5 Å². The summed E-state index contributed by atoms with van der Waals surface area (Å²) in [6.07, 6.45) is -0.594. The highest BCUT2D eigenvalue weighted by Gasteiger charge is 2.31. The molecular weight excluding hydrogens is 444 g/mol. The predicted molar refractivity (Wildman–Crippen MR) is 122 cm³/mol. The van der Waals surface area contributed by atoms with Crippen molar-refractivity contribution in [2.24, 2.45) is 0 Å². The largest absolute Gasteiger partial charge is 0.497 e. The molecule has 0 spiro atoms. The Labute approximate surface area is 199 Å². The number of hydrogen-bond acceptors (Lipinski definition) is 10. The third-order valence-electron chi connectivity index (χ3n) is 4.60. The lowest BCUT2D eigenvalue weighted by molar-refractivity contribution is -0.142. The van der Waals surface area contributed by atoms with Crippen LogP contribution in [0.5, 0.6) is 11.5 Å². The van der Waals surface area contributed by atoms with Gasteiger partial charge in [0.15, 0.2) is 5.82 Å². The van der Waals surface area contributed by atoms with Gasteiger partial charge in [0, 0.05) is 12.6 Å². The molecule has 1 aromatic carbocycles. The molecule has 0 aliphatic heterocycles. The van der Waals surface area contributed by atoms with Gasteiger partial charge in [-0.15, -0.1) is 0 Å². The molecule has 1 N–H and O–H groups in total. The number of benzene rings is 1. The van der Waals surface area contributed by atoms with Crippen LogP contribution in [0, 0.1) is 0 Å². The first-order chi connectivity index (χ1) is 15.8. The highest BCUT2D eigenvalue weighted by molar-refractivity contribution is 5.71. The standard InChI is InChI=1S/C23H34N4O7/c1-22(2,3)33-21(29)25-23(4,5)20-24-18(34-26-20)13-27(14-19(28)32-8)12-15-9-16(30-6)11-17(10-15)31-7/h9-11H,12-14H2,1-8H3,(H,25,29). The summed E-state index contributed by atoms with van der Waals surface area (Å²) in [4.78, 5) is 30.4. The van der Waals surface area contributed by atoms with Gasteiger partial charge in [0.1, 0.15) is 22.6 Å². The molecule has 0 saturated heterocycles. The topological polar surface area (TPSA) is 125 Å². The molecule has 188 valence electrons. The van der Waals surface area contributed by atoms with Crippen LogP contribution in [0.1, 0.15) is 51.9 Å². The van der Waals surface area contributed by atoms with Gasteiger partial charge in [-0.05, 0) is 52.3 Å². The molecule has 0 unspecified atom stereocenters. The van der Waals surface area contributed by atoms with E-state index in [-0.39, 0.29) is 24.8 Å². The summed E-state index contributed by atoms with van der Waals surface area (Å²) in [7, 11) is 4.46. The molecule has 11 nitrogen and oxygen atoms in total. The zero-order chi connectivity index (χ0) is 25.5. The quantitative estimate of drug-likeness (QED) is 0.509. The fraction of sp³-hybridized carbons (Fsp3) is 0.565. The third-order valence-corrected chi connectivity index (χ3v) is 4.60. The van der Waals surface area contributed by atoms with Gasteiger partial charge in [0.05, 0.1) is 34.4 Å². The molecule has 11 heteroatoms. The van der Waals surface area contributed by atoms with E-state index in [9.17, 15) is 9.59 Å². The van der Waals surface area contributed by atoms with E-state index in [1.807, 2.05) is 12.1 Å². The van der Waals surface area contributed by atoms with Gasteiger partial charge in [-0.25, -0.2) is 4.79 Å². The van der Waals surface area contributed by atoms with E-state index in [0.717, 1.165) is 5.56 Å². The number of hydrogen-bond donors (Lipinski definition) is 1. The van der Waals surface area contributed by atoms with E-state index in [1.165, 1.54) is 7.11 Å². The van der Waals surface area contributed by atoms with Gasteiger partial charge < -0.3 is 28.8 Å². The summed E-state index contributed by atoms with van der Waals surface area (Å²) in [5.41, 5.74) is -0.733. The highest BCUT2D eigenvalue weighted by Crippen LogP contribution is 2.24. The summed E-state index contributed by atoms with van der Waals surface area (Å²) >= 11 is 0. The number of nitrogens with one attached hydrogen (secondary N) is 1. The maximum absolute atomic E-state index is 12.2. The number of esters is 1. The average Bonchev–Trinajstić information content (AvgIpc) is 3.20. The van der Waals surface area contributed by atoms with Crippen molar-refractivity contribution >= 4 is 12.1 Å². The van der Waals surface area contributed by atoms with E-state index in [4.69, 9.17) is 23.5 Å². The van der Waals surface area contributed by atoms with E-state index < -0.39 is 23.2 Å². The van der Waals surface area contributed by atoms with Crippen molar-refractivity contribution in [2.75, 3.05) is 27.9 Å². The van der Waals surface area contributed by atoms with Crippen molar-refractivity contribution in [1.29, 1.82) is 0 Å². The van der Waals surface area contributed by atoms with Gasteiger partial charge in [-0.3, -0.25) is 9.69 Å². The molecule has 0 saturated carbocycles. The number of carbonyl (C=O) groups is 2. The molecule has 0 bridgehead atoms. The predicted octanol–water partition coefficient (Wildman–Crippen LogP) is 3.02. The second-order valence-corrected chi connectivity index (χ2v) is 9.21. The molecule has 0 radical (unpaired) electrons. The molecular formula is C23H34N4O7. The number of amides is 1. The Morgan fingerprint density at radius 3 is 2.15 bits per heavy atom. The number of nitrogens with zero attached hydrogens (tertiary/aromatic N) is 3. The number of methoxy groups -OCH3 is 3. The zero-order valence-electron chi connectivity index (χ0n) is 21.1. The van der Waals surface area contributed by atoms with E-state index in [1.54, 1.807) is 59.8 Å². The fourth-order valence-electron chi connectivity index (χ4n) is 3.01. The van der Waals surface area contributed by atoms with E-state index in [0.29, 0.717) is 18.0 Å². The number of alkyl carbamates (subject to hydrolysis) is 1. The van der Waals surface area contributed by atoms with Crippen LogP contribution in [0.2, 0.25) is 0 Å². The van der Waals surface area contributed by atoms with Crippen LogP contribution in [0.25, 0.3) is 0 Å². The molecule has 1 aromatic heterocycles. The molecule has 0 atom stereocenters. The molecule has 2 rings (SSSR count). The Hall–Kier alpha value is -3.34. The zero-order valence-corrected chi connectivity index (χ0v) is 21.1. The van der Waals surface area contributed by atoms with E-state index in [2.05, 4.69) is 15.5 Å². The van der Waals surface area contributed by atoms with Gasteiger partial charge >= 0.3 is 12.1 Å². The number of ether oxygens (including phenoxy) is 4. The second-order valence-electron chi connectivity index (χ2n) is 9.21. The van der Waals surface area contributed by atoms with Crippen molar-refractivity contribution in [1.82, 2.24) is 20.4 Å². The first-order valence-corrected chi connectivity index (χ1v) is 10.7. The van der Waals surface area contributed by atoms with Crippen LogP contribution in [0.4, 0.5) is 4.79 Å². The van der Waals surface area contributed by atoms with Crippen molar-refractivity contribution in [3.63, 3.8) is 0 Å². The minimum atomic E-state index is -0.947. The maximum Gasteiger partial charge on any atom is 0.408 e. The Morgan fingerprint density at radius 1 is 1.00 bits per heavy atom. The average molecular weight is 479 g/mol. The van der Waals surface area contributed by atoms with Crippen LogP contribution in [0.15, 0.2) is 22.7 Å². The molecule has 0 aliphatic rings. The van der Waals surface area contributed by atoms with Crippen LogP contribution in [-0.4, -0.2) is 60.6 Å². The smallest absolute Gasteiger partial charge is 0.408 e. The molecule has 34 heavy (non-hydrogen) atoms.